The summed E-state index contributed by atoms with van der Waals surface area (Å²) in [6.07, 6.45) is -6.75. The molecule has 2 aromatic rings. The molecule has 0 saturated carbocycles. The maximum atomic E-state index is 14.3. The maximum Gasteiger partial charge on any atom is 0.417 e. The Balaban J connectivity index is 2.03. The van der Waals surface area contributed by atoms with Crippen molar-refractivity contribution in [2.24, 2.45) is 5.92 Å². The van der Waals surface area contributed by atoms with Crippen molar-refractivity contribution in [3.63, 3.8) is 0 Å². The maximum absolute atomic E-state index is 14.3. The summed E-state index contributed by atoms with van der Waals surface area (Å²) in [5, 5.41) is 10.8. The van der Waals surface area contributed by atoms with Crippen LogP contribution in [0.2, 0.25) is 0 Å². The highest BCUT2D eigenvalue weighted by Crippen LogP contribution is 2.55. The minimum atomic E-state index is -4.90. The van der Waals surface area contributed by atoms with Crippen LogP contribution in [-0.2, 0) is 9.47 Å². The van der Waals surface area contributed by atoms with Gasteiger partial charge in [0.05, 0.1) is 23.5 Å². The first kappa shape index (κ1) is 24.4. The molecule has 0 aromatic heterocycles. The molecule has 0 bridgehead atoms. The summed E-state index contributed by atoms with van der Waals surface area (Å²) in [4.78, 5) is 22.7. The smallest absolute Gasteiger partial charge is 0.417 e. The summed E-state index contributed by atoms with van der Waals surface area (Å²) in [7, 11) is 1.02. The average Bonchev–Trinajstić information content (AvgIpc) is 3.00. The Hall–Kier alpha value is -3.28. The molecule has 3 rings (SSSR count). The first-order valence-electron chi connectivity index (χ1n) is 9.53. The molecular formula is C21H18F5NO6. The number of rotatable bonds is 5. The van der Waals surface area contributed by atoms with Crippen molar-refractivity contribution in [3.05, 3.63) is 69.3 Å². The van der Waals surface area contributed by atoms with Gasteiger partial charge < -0.3 is 14.2 Å². The van der Waals surface area contributed by atoms with Crippen molar-refractivity contribution in [1.29, 1.82) is 0 Å². The SMILES string of the molecule is COc1c([C@H]2[C@H](OC(=O)c3ccc([N+](=O)[O-])cc3)O[C@@](C)(C(F)(F)F)[C@H]2C)ccc(F)c1F. The highest BCUT2D eigenvalue weighted by molar-refractivity contribution is 5.89. The molecule has 1 heterocycles. The fourth-order valence-corrected chi connectivity index (χ4v) is 3.75. The molecule has 7 nitrogen and oxygen atoms in total. The Morgan fingerprint density at radius 2 is 1.76 bits per heavy atom. The molecule has 33 heavy (non-hydrogen) atoms. The number of carbonyl (C=O) groups excluding carboxylic acids is 1. The number of carbonyl (C=O) groups is 1. The lowest BCUT2D eigenvalue weighted by Crippen LogP contribution is -2.47. The minimum Gasteiger partial charge on any atom is -0.493 e. The molecule has 0 unspecified atom stereocenters. The number of nitrogens with zero attached hydrogens (tertiary/aromatic N) is 1. The lowest BCUT2D eigenvalue weighted by atomic mass is 9.79. The summed E-state index contributed by atoms with van der Waals surface area (Å²) in [5.74, 6) is -7.25. The van der Waals surface area contributed by atoms with Crippen LogP contribution in [-0.4, -0.2) is 36.1 Å². The van der Waals surface area contributed by atoms with Gasteiger partial charge in [0.25, 0.3) is 5.69 Å². The molecule has 1 aliphatic heterocycles. The van der Waals surface area contributed by atoms with Crippen LogP contribution in [0, 0.1) is 27.7 Å². The zero-order chi connectivity index (χ0) is 24.7. The number of nitro benzene ring substituents is 1. The lowest BCUT2D eigenvalue weighted by Gasteiger charge is -2.31. The number of hydrogen-bond donors (Lipinski definition) is 0. The van der Waals surface area contributed by atoms with E-state index in [1.54, 1.807) is 0 Å². The first-order chi connectivity index (χ1) is 15.3. The molecule has 1 saturated heterocycles. The Morgan fingerprint density at radius 1 is 1.15 bits per heavy atom. The summed E-state index contributed by atoms with van der Waals surface area (Å²) >= 11 is 0. The number of hydrogen-bond acceptors (Lipinski definition) is 6. The second-order valence-electron chi connectivity index (χ2n) is 7.60. The van der Waals surface area contributed by atoms with Gasteiger partial charge in [-0.2, -0.15) is 17.6 Å². The van der Waals surface area contributed by atoms with Crippen LogP contribution in [0.15, 0.2) is 36.4 Å². The number of non-ortho nitro benzene ring substituents is 1. The van der Waals surface area contributed by atoms with E-state index in [-0.39, 0.29) is 16.8 Å². The third-order valence-electron chi connectivity index (χ3n) is 5.81. The minimum absolute atomic E-state index is 0.182. The molecule has 0 radical (unpaired) electrons. The number of esters is 1. The largest absolute Gasteiger partial charge is 0.493 e. The van der Waals surface area contributed by atoms with E-state index in [1.807, 2.05) is 0 Å². The topological polar surface area (TPSA) is 87.9 Å². The van der Waals surface area contributed by atoms with Gasteiger partial charge in [-0.3, -0.25) is 10.1 Å². The van der Waals surface area contributed by atoms with Crippen molar-refractivity contribution in [2.75, 3.05) is 7.11 Å². The highest BCUT2D eigenvalue weighted by Gasteiger charge is 2.65. The van der Waals surface area contributed by atoms with Crippen LogP contribution in [0.1, 0.15) is 35.7 Å². The van der Waals surface area contributed by atoms with Crippen LogP contribution >= 0.6 is 0 Å². The van der Waals surface area contributed by atoms with E-state index in [0.29, 0.717) is 0 Å². The number of alkyl halides is 3. The van der Waals surface area contributed by atoms with Gasteiger partial charge in [-0.1, -0.05) is 13.0 Å². The summed E-state index contributed by atoms with van der Waals surface area (Å²) in [6, 6.07) is 5.92. The molecule has 0 N–H and O–H groups in total. The Bertz CT molecular complexity index is 1070. The molecule has 178 valence electrons. The Morgan fingerprint density at radius 3 is 2.27 bits per heavy atom. The zero-order valence-electron chi connectivity index (χ0n) is 17.5. The van der Waals surface area contributed by atoms with Crippen molar-refractivity contribution in [1.82, 2.24) is 0 Å². The van der Waals surface area contributed by atoms with E-state index < -0.39 is 58.2 Å². The lowest BCUT2D eigenvalue weighted by molar-refractivity contribution is -0.384. The molecule has 1 fully saturated rings. The zero-order valence-corrected chi connectivity index (χ0v) is 17.5. The van der Waals surface area contributed by atoms with E-state index in [0.717, 1.165) is 50.4 Å². The summed E-state index contributed by atoms with van der Waals surface area (Å²) in [5.41, 5.74) is -3.48. The predicted octanol–water partition coefficient (Wildman–Crippen LogP) is 5.14. The standard InChI is InChI=1S/C21H18F5NO6/c1-10-15(13-8-9-14(22)16(23)17(13)31-3)19(33-20(10,2)21(24,25)26)32-18(28)11-4-6-12(7-5-11)27(29)30/h4-10,15,19H,1-3H3/t10-,15-,19+,20+/m0/s1. The molecule has 2 aromatic carbocycles. The molecule has 0 amide bonds. The van der Waals surface area contributed by atoms with Crippen molar-refractivity contribution >= 4 is 11.7 Å². The van der Waals surface area contributed by atoms with Gasteiger partial charge in [0.2, 0.25) is 12.1 Å². The van der Waals surface area contributed by atoms with Gasteiger partial charge in [0.15, 0.2) is 17.2 Å². The highest BCUT2D eigenvalue weighted by atomic mass is 19.4. The van der Waals surface area contributed by atoms with E-state index in [9.17, 15) is 36.9 Å². The van der Waals surface area contributed by atoms with Crippen LogP contribution < -0.4 is 4.74 Å². The summed E-state index contributed by atoms with van der Waals surface area (Å²) in [6.45, 7) is 1.94. The van der Waals surface area contributed by atoms with Crippen molar-refractivity contribution in [3.8, 4) is 5.75 Å². The Kier molecular flexibility index (Phi) is 6.33. The molecule has 1 aliphatic rings. The molecule has 4 atom stereocenters. The second-order valence-corrected chi connectivity index (χ2v) is 7.60. The second kappa shape index (κ2) is 8.58. The van der Waals surface area contributed by atoms with E-state index in [4.69, 9.17) is 14.2 Å². The quantitative estimate of drug-likeness (QED) is 0.258. The van der Waals surface area contributed by atoms with Crippen molar-refractivity contribution < 1.29 is 45.9 Å². The number of methoxy groups -OCH3 is 1. The number of nitro groups is 1. The molecular weight excluding hydrogens is 457 g/mol. The van der Waals surface area contributed by atoms with Crippen LogP contribution in [0.3, 0.4) is 0 Å². The average molecular weight is 475 g/mol. The van der Waals surface area contributed by atoms with Crippen LogP contribution in [0.25, 0.3) is 0 Å². The molecule has 0 spiro atoms. The van der Waals surface area contributed by atoms with Gasteiger partial charge in [-0.05, 0) is 25.1 Å². The number of halogens is 5. The monoisotopic (exact) mass is 475 g/mol. The number of ether oxygens (including phenoxy) is 3. The van der Waals surface area contributed by atoms with E-state index >= 15 is 0 Å². The normalized spacial score (nSPS) is 25.0. The van der Waals surface area contributed by atoms with E-state index in [2.05, 4.69) is 0 Å². The number of benzene rings is 2. The first-order valence-corrected chi connectivity index (χ1v) is 9.53. The predicted molar refractivity (Wildman–Crippen MR) is 103 cm³/mol. The van der Waals surface area contributed by atoms with Gasteiger partial charge >= 0.3 is 12.1 Å². The Labute approximate surface area is 184 Å². The molecule has 0 aliphatic carbocycles. The van der Waals surface area contributed by atoms with E-state index in [1.165, 1.54) is 6.92 Å². The van der Waals surface area contributed by atoms with Gasteiger partial charge in [0.1, 0.15) is 0 Å². The summed E-state index contributed by atoms with van der Waals surface area (Å²) < 4.78 is 84.8. The third kappa shape index (κ3) is 4.22. The third-order valence-corrected chi connectivity index (χ3v) is 5.81. The van der Waals surface area contributed by atoms with Gasteiger partial charge in [-0.25, -0.2) is 9.18 Å². The van der Waals surface area contributed by atoms with Crippen LogP contribution in [0.4, 0.5) is 27.6 Å². The van der Waals surface area contributed by atoms with Crippen molar-refractivity contribution in [2.45, 2.75) is 37.8 Å². The van der Waals surface area contributed by atoms with Gasteiger partial charge in [0, 0.05) is 23.6 Å². The fourth-order valence-electron chi connectivity index (χ4n) is 3.75. The van der Waals surface area contributed by atoms with Gasteiger partial charge in [-0.15, -0.1) is 0 Å². The molecule has 12 heteroatoms. The fraction of sp³-hybridized carbons (Fsp3) is 0.381. The van der Waals surface area contributed by atoms with Crippen LogP contribution in [0.5, 0.6) is 5.75 Å².